The Bertz CT molecular complexity index is 828. The third-order valence-corrected chi connectivity index (χ3v) is 3.56. The molecule has 0 N–H and O–H groups in total. The predicted octanol–water partition coefficient (Wildman–Crippen LogP) is 4.37. The van der Waals surface area contributed by atoms with E-state index in [2.05, 4.69) is 5.10 Å². The molecule has 4 nitrogen and oxygen atoms in total. The second-order valence-corrected chi connectivity index (χ2v) is 5.34. The lowest BCUT2D eigenvalue weighted by Crippen LogP contribution is -2.05. The normalized spacial score (nSPS) is 10.5. The van der Waals surface area contributed by atoms with Gasteiger partial charge in [0.2, 0.25) is 0 Å². The Morgan fingerprint density at radius 2 is 1.96 bits per heavy atom. The summed E-state index contributed by atoms with van der Waals surface area (Å²) in [4.78, 5) is 12.3. The zero-order chi connectivity index (χ0) is 16.2. The first-order valence-electron chi connectivity index (χ1n) is 7.27. The van der Waals surface area contributed by atoms with Gasteiger partial charge in [-0.2, -0.15) is 5.10 Å². The highest BCUT2D eigenvalue weighted by Crippen LogP contribution is 2.26. The molecule has 0 saturated carbocycles. The van der Waals surface area contributed by atoms with E-state index in [0.717, 1.165) is 11.3 Å². The Balaban J connectivity index is 2.13. The number of esters is 1. The molecule has 23 heavy (non-hydrogen) atoms. The number of para-hydroxylation sites is 1. The third-order valence-electron chi connectivity index (χ3n) is 3.33. The summed E-state index contributed by atoms with van der Waals surface area (Å²) in [6.07, 6.45) is 1.68. The largest absolute Gasteiger partial charge is 0.462 e. The molecule has 0 radical (unpaired) electrons. The van der Waals surface area contributed by atoms with Gasteiger partial charge in [-0.15, -0.1) is 0 Å². The van der Waals surface area contributed by atoms with E-state index < -0.39 is 5.97 Å². The zero-order valence-electron chi connectivity index (χ0n) is 12.6. The Morgan fingerprint density at radius 3 is 2.65 bits per heavy atom. The molecule has 3 rings (SSSR count). The molecule has 0 spiro atoms. The summed E-state index contributed by atoms with van der Waals surface area (Å²) < 4.78 is 6.81. The third kappa shape index (κ3) is 3.27. The fourth-order valence-electron chi connectivity index (χ4n) is 2.29. The van der Waals surface area contributed by atoms with Gasteiger partial charge in [-0.1, -0.05) is 41.9 Å². The minimum absolute atomic E-state index is 0.310. The van der Waals surface area contributed by atoms with E-state index in [1.54, 1.807) is 29.9 Å². The molecule has 0 bridgehead atoms. The molecule has 0 aliphatic heterocycles. The van der Waals surface area contributed by atoms with Crippen LogP contribution in [0, 0.1) is 0 Å². The number of nitrogens with zero attached hydrogens (tertiary/aromatic N) is 2. The van der Waals surface area contributed by atoms with Crippen molar-refractivity contribution in [2.75, 3.05) is 6.61 Å². The molecule has 3 aromatic rings. The molecule has 2 aromatic carbocycles. The Hall–Kier alpha value is -2.59. The SMILES string of the molecule is CCOC(=O)c1cn(-c2ccccc2)nc1-c1cccc(Cl)c1. The van der Waals surface area contributed by atoms with Crippen molar-refractivity contribution in [3.8, 4) is 16.9 Å². The lowest BCUT2D eigenvalue weighted by Gasteiger charge is -2.02. The number of benzene rings is 2. The van der Waals surface area contributed by atoms with Crippen LogP contribution in [0.25, 0.3) is 16.9 Å². The topological polar surface area (TPSA) is 44.1 Å². The van der Waals surface area contributed by atoms with Gasteiger partial charge in [0.25, 0.3) is 0 Å². The maximum Gasteiger partial charge on any atom is 0.342 e. The van der Waals surface area contributed by atoms with E-state index in [1.807, 2.05) is 42.5 Å². The summed E-state index contributed by atoms with van der Waals surface area (Å²) >= 11 is 6.06. The number of hydrogen-bond donors (Lipinski definition) is 0. The van der Waals surface area contributed by atoms with Crippen LogP contribution in [0.15, 0.2) is 60.8 Å². The molecule has 0 amide bonds. The van der Waals surface area contributed by atoms with E-state index in [-0.39, 0.29) is 0 Å². The molecular weight excluding hydrogens is 312 g/mol. The Labute approximate surface area is 139 Å². The molecular formula is C18H15ClN2O2. The minimum Gasteiger partial charge on any atom is -0.462 e. The van der Waals surface area contributed by atoms with Gasteiger partial charge in [0.05, 0.1) is 12.3 Å². The molecule has 116 valence electrons. The molecule has 5 heteroatoms. The van der Waals surface area contributed by atoms with Crippen molar-refractivity contribution in [1.82, 2.24) is 9.78 Å². The van der Waals surface area contributed by atoms with Gasteiger partial charge >= 0.3 is 5.97 Å². The van der Waals surface area contributed by atoms with E-state index in [1.165, 1.54) is 0 Å². The van der Waals surface area contributed by atoms with Crippen molar-refractivity contribution in [3.63, 3.8) is 0 Å². The summed E-state index contributed by atoms with van der Waals surface area (Å²) in [6, 6.07) is 16.9. The van der Waals surface area contributed by atoms with Crippen molar-refractivity contribution in [2.45, 2.75) is 6.92 Å². The maximum absolute atomic E-state index is 12.3. The number of ether oxygens (including phenoxy) is 1. The summed E-state index contributed by atoms with van der Waals surface area (Å²) in [6.45, 7) is 2.09. The van der Waals surface area contributed by atoms with Crippen LogP contribution in [0.5, 0.6) is 0 Å². The summed E-state index contributed by atoms with van der Waals surface area (Å²) in [5.74, 6) is -0.398. The van der Waals surface area contributed by atoms with Crippen LogP contribution in [-0.2, 0) is 4.74 Å². The van der Waals surface area contributed by atoms with Crippen molar-refractivity contribution < 1.29 is 9.53 Å². The van der Waals surface area contributed by atoms with E-state index in [4.69, 9.17) is 16.3 Å². The molecule has 0 aliphatic rings. The monoisotopic (exact) mass is 326 g/mol. The molecule has 0 fully saturated rings. The highest BCUT2D eigenvalue weighted by molar-refractivity contribution is 6.30. The van der Waals surface area contributed by atoms with Crippen LogP contribution < -0.4 is 0 Å². The maximum atomic E-state index is 12.3. The first-order valence-corrected chi connectivity index (χ1v) is 7.65. The number of carbonyl (C=O) groups is 1. The van der Waals surface area contributed by atoms with Gasteiger partial charge in [0, 0.05) is 16.8 Å². The summed E-state index contributed by atoms with van der Waals surface area (Å²) in [5, 5.41) is 5.14. The highest BCUT2D eigenvalue weighted by atomic mass is 35.5. The average molecular weight is 327 g/mol. The molecule has 1 heterocycles. The van der Waals surface area contributed by atoms with Crippen molar-refractivity contribution in [3.05, 3.63) is 71.4 Å². The average Bonchev–Trinajstić information content (AvgIpc) is 3.01. The van der Waals surface area contributed by atoms with Gasteiger partial charge in [-0.25, -0.2) is 9.48 Å². The van der Waals surface area contributed by atoms with Crippen LogP contribution in [0.4, 0.5) is 0 Å². The first kappa shape index (κ1) is 15.3. The molecule has 1 aromatic heterocycles. The van der Waals surface area contributed by atoms with Crippen LogP contribution in [0.3, 0.4) is 0 Å². The molecule has 0 unspecified atom stereocenters. The molecule has 0 saturated heterocycles. The zero-order valence-corrected chi connectivity index (χ0v) is 13.3. The summed E-state index contributed by atoms with van der Waals surface area (Å²) in [7, 11) is 0. The van der Waals surface area contributed by atoms with Crippen LogP contribution >= 0.6 is 11.6 Å². The lowest BCUT2D eigenvalue weighted by atomic mass is 10.1. The highest BCUT2D eigenvalue weighted by Gasteiger charge is 2.19. The predicted molar refractivity (Wildman–Crippen MR) is 90.0 cm³/mol. The van der Waals surface area contributed by atoms with Gasteiger partial charge in [-0.05, 0) is 31.2 Å². The Kier molecular flexibility index (Phi) is 4.44. The van der Waals surface area contributed by atoms with Crippen molar-refractivity contribution in [1.29, 1.82) is 0 Å². The second kappa shape index (κ2) is 6.67. The number of halogens is 1. The second-order valence-electron chi connectivity index (χ2n) is 4.90. The number of rotatable bonds is 4. The fraction of sp³-hybridized carbons (Fsp3) is 0.111. The molecule has 0 atom stereocenters. The minimum atomic E-state index is -0.398. The van der Waals surface area contributed by atoms with Crippen LogP contribution in [-0.4, -0.2) is 22.4 Å². The number of hydrogen-bond acceptors (Lipinski definition) is 3. The van der Waals surface area contributed by atoms with E-state index >= 15 is 0 Å². The van der Waals surface area contributed by atoms with Gasteiger partial charge in [0.1, 0.15) is 11.3 Å². The fourth-order valence-corrected chi connectivity index (χ4v) is 2.48. The van der Waals surface area contributed by atoms with Crippen LogP contribution in [0.1, 0.15) is 17.3 Å². The quantitative estimate of drug-likeness (QED) is 0.669. The van der Waals surface area contributed by atoms with Crippen LogP contribution in [0.2, 0.25) is 5.02 Å². The van der Waals surface area contributed by atoms with E-state index in [9.17, 15) is 4.79 Å². The summed E-state index contributed by atoms with van der Waals surface area (Å²) in [5.41, 5.74) is 2.61. The van der Waals surface area contributed by atoms with E-state index in [0.29, 0.717) is 22.9 Å². The van der Waals surface area contributed by atoms with Crippen molar-refractivity contribution >= 4 is 17.6 Å². The lowest BCUT2D eigenvalue weighted by molar-refractivity contribution is 0.0527. The number of aromatic nitrogens is 2. The van der Waals surface area contributed by atoms with Gasteiger partial charge in [0.15, 0.2) is 0 Å². The van der Waals surface area contributed by atoms with Gasteiger partial charge < -0.3 is 4.74 Å². The van der Waals surface area contributed by atoms with Crippen molar-refractivity contribution in [2.24, 2.45) is 0 Å². The number of carbonyl (C=O) groups excluding carboxylic acids is 1. The molecule has 0 aliphatic carbocycles. The van der Waals surface area contributed by atoms with Gasteiger partial charge in [-0.3, -0.25) is 0 Å². The standard InChI is InChI=1S/C18H15ClN2O2/c1-2-23-18(22)16-12-21(15-9-4-3-5-10-15)20-17(16)13-7-6-8-14(19)11-13/h3-12H,2H2,1H3. The Morgan fingerprint density at radius 1 is 1.17 bits per heavy atom. The first-order chi connectivity index (χ1) is 11.2. The smallest absolute Gasteiger partial charge is 0.342 e.